The molecule has 0 aliphatic carbocycles. The van der Waals surface area contributed by atoms with Crippen molar-refractivity contribution in [3.63, 3.8) is 0 Å². The van der Waals surface area contributed by atoms with Crippen LogP contribution in [-0.4, -0.2) is 49.6 Å². The summed E-state index contributed by atoms with van der Waals surface area (Å²) in [5.41, 5.74) is 6.83. The summed E-state index contributed by atoms with van der Waals surface area (Å²) in [7, 11) is 1.60. The molecule has 1 aromatic carbocycles. The number of nitrogens with two attached hydrogens (primary N) is 1. The molecule has 0 aromatic heterocycles. The maximum Gasteiger partial charge on any atom is 0.242 e. The molecule has 6 heteroatoms. The van der Waals surface area contributed by atoms with Gasteiger partial charge in [-0.1, -0.05) is 44.2 Å². The molecule has 0 saturated heterocycles. The monoisotopic (exact) mass is 335 g/mol. The van der Waals surface area contributed by atoms with E-state index in [1.54, 1.807) is 12.0 Å². The molecule has 3 N–H and O–H groups in total. The van der Waals surface area contributed by atoms with E-state index in [1.165, 1.54) is 0 Å². The summed E-state index contributed by atoms with van der Waals surface area (Å²) in [5, 5.41) is 2.63. The summed E-state index contributed by atoms with van der Waals surface area (Å²) in [5.74, 6) is -0.446. The highest BCUT2D eigenvalue weighted by atomic mass is 16.5. The first kappa shape index (κ1) is 20.1. The molecule has 0 bridgehead atoms. The van der Waals surface area contributed by atoms with Crippen molar-refractivity contribution in [2.45, 2.75) is 32.9 Å². The van der Waals surface area contributed by atoms with E-state index in [0.717, 1.165) is 5.56 Å². The van der Waals surface area contributed by atoms with Crippen LogP contribution in [0.1, 0.15) is 32.4 Å². The Morgan fingerprint density at radius 2 is 1.83 bits per heavy atom. The first-order valence-corrected chi connectivity index (χ1v) is 8.25. The van der Waals surface area contributed by atoms with Gasteiger partial charge >= 0.3 is 0 Å². The van der Waals surface area contributed by atoms with Crippen molar-refractivity contribution in [2.75, 3.05) is 26.8 Å². The van der Waals surface area contributed by atoms with Gasteiger partial charge < -0.3 is 20.7 Å². The molecule has 134 valence electrons. The summed E-state index contributed by atoms with van der Waals surface area (Å²) in [6, 6.07) is 9.05. The average Bonchev–Trinajstić information content (AvgIpc) is 2.59. The van der Waals surface area contributed by atoms with Gasteiger partial charge in [-0.3, -0.25) is 9.59 Å². The average molecular weight is 335 g/mol. The highest BCUT2D eigenvalue weighted by Gasteiger charge is 2.23. The Labute approximate surface area is 144 Å². The topological polar surface area (TPSA) is 84.7 Å². The summed E-state index contributed by atoms with van der Waals surface area (Å²) in [6.07, 6.45) is 0. The fraction of sp³-hybridized carbons (Fsp3) is 0.556. The standard InChI is InChI=1S/C18H29N3O3/c1-13(2)17(19)18(23)20-12-16(22)21(10-11-24-4)14(3)15-8-6-5-7-9-15/h5-9,13-14,17H,10-12,19H2,1-4H3,(H,20,23)/t14?,17-/m0/s1. The molecule has 1 rings (SSSR count). The number of amides is 2. The Morgan fingerprint density at radius 3 is 2.38 bits per heavy atom. The predicted molar refractivity (Wildman–Crippen MR) is 94.3 cm³/mol. The number of methoxy groups -OCH3 is 1. The first-order chi connectivity index (χ1) is 11.4. The molecule has 2 amide bonds. The Hall–Kier alpha value is -1.92. The lowest BCUT2D eigenvalue weighted by atomic mass is 10.0. The molecule has 0 heterocycles. The van der Waals surface area contributed by atoms with E-state index < -0.39 is 6.04 Å². The van der Waals surface area contributed by atoms with E-state index in [0.29, 0.717) is 13.2 Å². The molecule has 0 aliphatic rings. The van der Waals surface area contributed by atoms with Crippen LogP contribution in [0.5, 0.6) is 0 Å². The fourth-order valence-electron chi connectivity index (χ4n) is 2.32. The molecule has 1 aromatic rings. The Bertz CT molecular complexity index is 520. The fourth-order valence-corrected chi connectivity index (χ4v) is 2.32. The number of carbonyl (C=O) groups is 2. The van der Waals surface area contributed by atoms with Crippen LogP contribution in [-0.2, 0) is 14.3 Å². The first-order valence-electron chi connectivity index (χ1n) is 8.25. The minimum Gasteiger partial charge on any atom is -0.383 e. The number of nitrogens with zero attached hydrogens (tertiary/aromatic N) is 1. The van der Waals surface area contributed by atoms with Crippen LogP contribution in [0.4, 0.5) is 0 Å². The molecule has 0 radical (unpaired) electrons. The third-order valence-corrected chi connectivity index (χ3v) is 4.04. The van der Waals surface area contributed by atoms with Gasteiger partial charge in [-0.25, -0.2) is 0 Å². The summed E-state index contributed by atoms with van der Waals surface area (Å²) >= 11 is 0. The van der Waals surface area contributed by atoms with Crippen LogP contribution < -0.4 is 11.1 Å². The van der Waals surface area contributed by atoms with E-state index >= 15 is 0 Å². The van der Waals surface area contributed by atoms with E-state index in [4.69, 9.17) is 10.5 Å². The van der Waals surface area contributed by atoms with Gasteiger partial charge in [0.1, 0.15) is 0 Å². The number of carbonyl (C=O) groups excluding carboxylic acids is 2. The molecule has 0 aliphatic heterocycles. The van der Waals surface area contributed by atoms with Gasteiger partial charge in [-0.2, -0.15) is 0 Å². The Kier molecular flexibility index (Phi) is 8.43. The minimum atomic E-state index is -0.614. The Balaban J connectivity index is 2.73. The van der Waals surface area contributed by atoms with Crippen LogP contribution in [0.3, 0.4) is 0 Å². The van der Waals surface area contributed by atoms with Crippen molar-refractivity contribution in [3.8, 4) is 0 Å². The highest BCUT2D eigenvalue weighted by molar-refractivity contribution is 5.87. The summed E-state index contributed by atoms with van der Waals surface area (Å²) < 4.78 is 5.10. The van der Waals surface area contributed by atoms with Gasteiger partial charge in [0, 0.05) is 13.7 Å². The lowest BCUT2D eigenvalue weighted by Gasteiger charge is -2.30. The second-order valence-electron chi connectivity index (χ2n) is 6.15. The lowest BCUT2D eigenvalue weighted by Crippen LogP contribution is -2.48. The summed E-state index contributed by atoms with van der Waals surface area (Å²) in [6.45, 7) is 6.52. The zero-order valence-corrected chi connectivity index (χ0v) is 15.0. The SMILES string of the molecule is COCCN(C(=O)CNC(=O)[C@@H](N)C(C)C)C(C)c1ccccc1. The minimum absolute atomic E-state index is 0.0212. The zero-order chi connectivity index (χ0) is 18.1. The van der Waals surface area contributed by atoms with Crippen LogP contribution in [0.2, 0.25) is 0 Å². The van der Waals surface area contributed by atoms with Crippen molar-refractivity contribution in [1.82, 2.24) is 10.2 Å². The van der Waals surface area contributed by atoms with Gasteiger partial charge in [0.05, 0.1) is 25.2 Å². The third-order valence-electron chi connectivity index (χ3n) is 4.04. The largest absolute Gasteiger partial charge is 0.383 e. The zero-order valence-electron chi connectivity index (χ0n) is 15.0. The van der Waals surface area contributed by atoms with E-state index in [1.807, 2.05) is 51.1 Å². The quantitative estimate of drug-likeness (QED) is 0.713. The molecular formula is C18H29N3O3. The van der Waals surface area contributed by atoms with E-state index in [2.05, 4.69) is 5.32 Å². The van der Waals surface area contributed by atoms with Crippen molar-refractivity contribution in [1.29, 1.82) is 0 Å². The van der Waals surface area contributed by atoms with Crippen LogP contribution in [0.15, 0.2) is 30.3 Å². The maximum absolute atomic E-state index is 12.6. The van der Waals surface area contributed by atoms with Gasteiger partial charge in [0.2, 0.25) is 11.8 Å². The molecule has 24 heavy (non-hydrogen) atoms. The van der Waals surface area contributed by atoms with Crippen molar-refractivity contribution >= 4 is 11.8 Å². The lowest BCUT2D eigenvalue weighted by molar-refractivity contribution is -0.135. The van der Waals surface area contributed by atoms with Gasteiger partial charge in [-0.05, 0) is 18.4 Å². The van der Waals surface area contributed by atoms with E-state index in [-0.39, 0.29) is 30.3 Å². The summed E-state index contributed by atoms with van der Waals surface area (Å²) in [4.78, 5) is 26.2. The second kappa shape index (κ2) is 10.1. The van der Waals surface area contributed by atoms with Crippen LogP contribution >= 0.6 is 0 Å². The molecule has 0 saturated carbocycles. The number of ether oxygens (including phenoxy) is 1. The molecule has 1 unspecified atom stereocenters. The molecule has 6 nitrogen and oxygen atoms in total. The van der Waals surface area contributed by atoms with Gasteiger partial charge in [-0.15, -0.1) is 0 Å². The maximum atomic E-state index is 12.6. The van der Waals surface area contributed by atoms with Crippen molar-refractivity contribution in [3.05, 3.63) is 35.9 Å². The second-order valence-corrected chi connectivity index (χ2v) is 6.15. The van der Waals surface area contributed by atoms with Gasteiger partial charge in [0.25, 0.3) is 0 Å². The number of hydrogen-bond acceptors (Lipinski definition) is 4. The smallest absolute Gasteiger partial charge is 0.242 e. The highest BCUT2D eigenvalue weighted by Crippen LogP contribution is 2.19. The Morgan fingerprint density at radius 1 is 1.21 bits per heavy atom. The number of nitrogens with one attached hydrogen (secondary N) is 1. The normalized spacial score (nSPS) is 13.4. The molecular weight excluding hydrogens is 306 g/mol. The molecule has 2 atom stereocenters. The number of benzene rings is 1. The number of rotatable bonds is 9. The molecule has 0 spiro atoms. The number of hydrogen-bond donors (Lipinski definition) is 2. The van der Waals surface area contributed by atoms with Crippen LogP contribution in [0.25, 0.3) is 0 Å². The van der Waals surface area contributed by atoms with E-state index in [9.17, 15) is 9.59 Å². The van der Waals surface area contributed by atoms with Crippen LogP contribution in [0, 0.1) is 5.92 Å². The van der Waals surface area contributed by atoms with Gasteiger partial charge in [0.15, 0.2) is 0 Å². The predicted octanol–water partition coefficient (Wildman–Crippen LogP) is 1.32. The third kappa shape index (κ3) is 5.94. The van der Waals surface area contributed by atoms with Crippen molar-refractivity contribution in [2.24, 2.45) is 11.7 Å². The molecule has 0 fully saturated rings. The van der Waals surface area contributed by atoms with Crippen molar-refractivity contribution < 1.29 is 14.3 Å².